The molecule has 0 aliphatic carbocycles. The third-order valence-corrected chi connectivity index (χ3v) is 7.12. The summed E-state index contributed by atoms with van der Waals surface area (Å²) in [6, 6.07) is 23.6. The van der Waals surface area contributed by atoms with Crippen LogP contribution >= 0.6 is 0 Å². The summed E-state index contributed by atoms with van der Waals surface area (Å²) < 4.78 is 5.50. The number of aromatic nitrogens is 1. The van der Waals surface area contributed by atoms with Crippen LogP contribution in [0.3, 0.4) is 0 Å². The Balaban J connectivity index is 1.66. The van der Waals surface area contributed by atoms with Gasteiger partial charge in [0.2, 0.25) is 5.91 Å². The number of nitrogens with zero attached hydrogens (tertiary/aromatic N) is 2. The molecule has 1 aliphatic heterocycles. The van der Waals surface area contributed by atoms with Crippen LogP contribution in [0.1, 0.15) is 47.8 Å². The molecular weight excluding hydrogens is 450 g/mol. The molecule has 2 heterocycles. The zero-order valence-electron chi connectivity index (χ0n) is 21.0. The molecular formula is C30H31N3O3. The molecule has 4 aromatic rings. The maximum absolute atomic E-state index is 13.7. The lowest BCUT2D eigenvalue weighted by Crippen LogP contribution is -2.36. The number of methoxy groups -OCH3 is 1. The number of para-hydroxylation sites is 1. The van der Waals surface area contributed by atoms with Gasteiger partial charge in [-0.3, -0.25) is 9.59 Å². The van der Waals surface area contributed by atoms with Gasteiger partial charge in [0, 0.05) is 53.6 Å². The number of H-pyrrole nitrogens is 1. The summed E-state index contributed by atoms with van der Waals surface area (Å²) in [6.45, 7) is 5.64. The Morgan fingerprint density at radius 3 is 2.53 bits per heavy atom. The lowest BCUT2D eigenvalue weighted by molar-refractivity contribution is -0.131. The van der Waals surface area contributed by atoms with Gasteiger partial charge in [-0.2, -0.15) is 0 Å². The molecule has 0 saturated carbocycles. The molecule has 0 unspecified atom stereocenters. The second kappa shape index (κ2) is 9.90. The predicted octanol–water partition coefficient (Wildman–Crippen LogP) is 5.65. The number of fused-ring (bicyclic) bond motifs is 2. The molecule has 3 aromatic carbocycles. The van der Waals surface area contributed by atoms with Gasteiger partial charge in [-0.05, 0) is 43.7 Å². The first-order valence-electron chi connectivity index (χ1n) is 12.5. The molecule has 5 rings (SSSR count). The van der Waals surface area contributed by atoms with Crippen molar-refractivity contribution in [1.29, 1.82) is 0 Å². The van der Waals surface area contributed by atoms with Gasteiger partial charge in [-0.1, -0.05) is 48.5 Å². The molecule has 1 aliphatic rings. The average molecular weight is 482 g/mol. The third kappa shape index (κ3) is 4.02. The molecule has 0 radical (unpaired) electrons. The van der Waals surface area contributed by atoms with Crippen LogP contribution in [-0.4, -0.2) is 53.3 Å². The summed E-state index contributed by atoms with van der Waals surface area (Å²) in [5.41, 5.74) is 5.63. The fourth-order valence-corrected chi connectivity index (χ4v) is 5.32. The highest BCUT2D eigenvalue weighted by Crippen LogP contribution is 2.45. The summed E-state index contributed by atoms with van der Waals surface area (Å²) in [4.78, 5) is 33.8. The normalized spacial score (nSPS) is 14.8. The van der Waals surface area contributed by atoms with E-state index in [-0.39, 0.29) is 24.3 Å². The minimum Gasteiger partial charge on any atom is -0.497 e. The topological polar surface area (TPSA) is 65.6 Å². The molecule has 0 spiro atoms. The van der Waals surface area contributed by atoms with E-state index in [1.165, 1.54) is 0 Å². The van der Waals surface area contributed by atoms with E-state index in [0.717, 1.165) is 39.0 Å². The first-order chi connectivity index (χ1) is 17.6. The van der Waals surface area contributed by atoms with Crippen molar-refractivity contribution in [3.05, 3.63) is 89.5 Å². The molecule has 36 heavy (non-hydrogen) atoms. The van der Waals surface area contributed by atoms with E-state index in [0.29, 0.717) is 25.2 Å². The Labute approximate surface area is 211 Å². The first kappa shape index (κ1) is 23.7. The van der Waals surface area contributed by atoms with Crippen LogP contribution in [0.4, 0.5) is 0 Å². The second-order valence-electron chi connectivity index (χ2n) is 9.00. The van der Waals surface area contributed by atoms with Gasteiger partial charge in [0.25, 0.3) is 5.91 Å². The van der Waals surface area contributed by atoms with E-state index >= 15 is 0 Å². The average Bonchev–Trinajstić information content (AvgIpc) is 3.43. The number of carbonyl (C=O) groups excluding carboxylic acids is 2. The maximum Gasteiger partial charge on any atom is 0.255 e. The molecule has 1 N–H and O–H groups in total. The Hall–Kier alpha value is -4.06. The van der Waals surface area contributed by atoms with E-state index in [2.05, 4.69) is 17.1 Å². The van der Waals surface area contributed by atoms with Crippen LogP contribution < -0.4 is 4.74 Å². The molecule has 2 amide bonds. The fourth-order valence-electron chi connectivity index (χ4n) is 5.32. The predicted molar refractivity (Wildman–Crippen MR) is 142 cm³/mol. The highest BCUT2D eigenvalue weighted by atomic mass is 16.5. The van der Waals surface area contributed by atoms with Gasteiger partial charge >= 0.3 is 0 Å². The maximum atomic E-state index is 13.7. The number of rotatable bonds is 8. The number of hydrogen-bond donors (Lipinski definition) is 1. The summed E-state index contributed by atoms with van der Waals surface area (Å²) in [5, 5.41) is 1.06. The van der Waals surface area contributed by atoms with Crippen LogP contribution in [0, 0.1) is 0 Å². The van der Waals surface area contributed by atoms with Gasteiger partial charge in [-0.25, -0.2) is 0 Å². The van der Waals surface area contributed by atoms with Crippen molar-refractivity contribution < 1.29 is 14.3 Å². The Morgan fingerprint density at radius 1 is 1.00 bits per heavy atom. The van der Waals surface area contributed by atoms with Crippen LogP contribution in [0.25, 0.3) is 22.2 Å². The van der Waals surface area contributed by atoms with Crippen molar-refractivity contribution in [3.63, 3.8) is 0 Å². The highest BCUT2D eigenvalue weighted by Gasteiger charge is 2.40. The molecule has 6 heteroatoms. The number of amides is 2. The van der Waals surface area contributed by atoms with Gasteiger partial charge in [0.1, 0.15) is 5.75 Å². The monoisotopic (exact) mass is 481 g/mol. The Bertz CT molecular complexity index is 1420. The molecule has 0 fully saturated rings. The van der Waals surface area contributed by atoms with Crippen LogP contribution in [-0.2, 0) is 4.79 Å². The first-order valence-corrected chi connectivity index (χ1v) is 12.5. The van der Waals surface area contributed by atoms with Crippen molar-refractivity contribution >= 4 is 22.7 Å². The summed E-state index contributed by atoms with van der Waals surface area (Å²) in [5.74, 6) is 0.793. The van der Waals surface area contributed by atoms with E-state index in [1.54, 1.807) is 7.11 Å². The van der Waals surface area contributed by atoms with Crippen molar-refractivity contribution in [2.45, 2.75) is 26.3 Å². The molecule has 6 nitrogen and oxygen atoms in total. The number of ether oxygens (including phenoxy) is 1. The second-order valence-corrected chi connectivity index (χ2v) is 9.00. The number of hydrogen-bond acceptors (Lipinski definition) is 3. The lowest BCUT2D eigenvalue weighted by atomic mass is 9.93. The van der Waals surface area contributed by atoms with Crippen LogP contribution in [0.2, 0.25) is 0 Å². The largest absolute Gasteiger partial charge is 0.497 e. The number of benzene rings is 3. The van der Waals surface area contributed by atoms with Crippen molar-refractivity contribution in [3.8, 4) is 17.0 Å². The van der Waals surface area contributed by atoms with Crippen LogP contribution in [0.15, 0.2) is 72.8 Å². The molecule has 0 bridgehead atoms. The molecule has 1 atom stereocenters. The van der Waals surface area contributed by atoms with E-state index in [9.17, 15) is 9.59 Å². The molecule has 0 saturated heterocycles. The Morgan fingerprint density at radius 2 is 1.75 bits per heavy atom. The van der Waals surface area contributed by atoms with Gasteiger partial charge in [0.15, 0.2) is 0 Å². The highest BCUT2D eigenvalue weighted by molar-refractivity contribution is 6.02. The zero-order chi connectivity index (χ0) is 25.2. The summed E-state index contributed by atoms with van der Waals surface area (Å²) in [7, 11) is 1.66. The standard InChI is InChI=1S/C30H31N3O3/c1-4-32(5-2)26(34)17-18-33-29(22-13-6-7-14-23(22)30(33)35)27-24-15-8-9-16-25(24)31-28(27)20-11-10-12-21(19-20)36-3/h6-16,19,29,31H,4-5,17-18H2,1-3H3/t29-/m0/s1. The third-order valence-electron chi connectivity index (χ3n) is 7.12. The van der Waals surface area contributed by atoms with Gasteiger partial charge in [-0.15, -0.1) is 0 Å². The quantitative estimate of drug-likeness (QED) is 0.354. The van der Waals surface area contributed by atoms with Crippen molar-refractivity contribution in [1.82, 2.24) is 14.8 Å². The molecule has 1 aromatic heterocycles. The van der Waals surface area contributed by atoms with Crippen molar-refractivity contribution in [2.75, 3.05) is 26.7 Å². The lowest BCUT2D eigenvalue weighted by Gasteiger charge is -2.28. The van der Waals surface area contributed by atoms with Crippen molar-refractivity contribution in [2.24, 2.45) is 0 Å². The fraction of sp³-hybridized carbons (Fsp3) is 0.267. The minimum atomic E-state index is -0.310. The Kier molecular flexibility index (Phi) is 6.51. The molecule has 184 valence electrons. The van der Waals surface area contributed by atoms with Gasteiger partial charge in [0.05, 0.1) is 18.8 Å². The van der Waals surface area contributed by atoms with Gasteiger partial charge < -0.3 is 19.5 Å². The number of carbonyl (C=O) groups is 2. The van der Waals surface area contributed by atoms with E-state index in [1.807, 2.05) is 84.3 Å². The van der Waals surface area contributed by atoms with E-state index < -0.39 is 0 Å². The minimum absolute atomic E-state index is 0.0372. The summed E-state index contributed by atoms with van der Waals surface area (Å²) in [6.07, 6.45) is 0.286. The van der Waals surface area contributed by atoms with E-state index in [4.69, 9.17) is 4.74 Å². The smallest absolute Gasteiger partial charge is 0.255 e. The number of aromatic amines is 1. The van der Waals surface area contributed by atoms with Crippen LogP contribution in [0.5, 0.6) is 5.75 Å². The SMILES string of the molecule is CCN(CC)C(=O)CCN1C(=O)c2ccccc2[C@H]1c1c(-c2cccc(OC)c2)[nH]c2ccccc12. The zero-order valence-corrected chi connectivity index (χ0v) is 21.0. The number of nitrogens with one attached hydrogen (secondary N) is 1. The summed E-state index contributed by atoms with van der Waals surface area (Å²) >= 11 is 0.